The molecule has 4 nitrogen and oxygen atoms in total. The van der Waals surface area contributed by atoms with Gasteiger partial charge in [-0.3, -0.25) is 9.97 Å². The van der Waals surface area contributed by atoms with Crippen molar-refractivity contribution in [3.63, 3.8) is 0 Å². The Morgan fingerprint density at radius 2 is 0.731 bits per heavy atom. The van der Waals surface area contributed by atoms with Crippen LogP contribution in [0.1, 0.15) is 0 Å². The predicted octanol–water partition coefficient (Wildman–Crippen LogP) is 12.1. The fourth-order valence-corrected chi connectivity index (χ4v) is 6.75. The first-order chi connectivity index (χ1) is 25.7. The Hall–Kier alpha value is -7.04. The van der Waals surface area contributed by atoms with Gasteiger partial charge in [0.15, 0.2) is 5.82 Å². The largest absolute Gasteiger partial charge is 0.264 e. The summed E-state index contributed by atoms with van der Waals surface area (Å²) in [6, 6.07) is 59.4. The number of aromatic nitrogens is 4. The Balaban J connectivity index is 1.15. The van der Waals surface area contributed by atoms with Gasteiger partial charge in [-0.1, -0.05) is 127 Å². The minimum atomic E-state index is 0.675. The summed E-state index contributed by atoms with van der Waals surface area (Å²) in [5.41, 5.74) is 14.9. The van der Waals surface area contributed by atoms with Gasteiger partial charge in [0.25, 0.3) is 0 Å². The van der Waals surface area contributed by atoms with E-state index < -0.39 is 0 Å². The molecule has 4 heteroatoms. The highest BCUT2D eigenvalue weighted by Gasteiger charge is 2.15. The van der Waals surface area contributed by atoms with E-state index in [1.165, 1.54) is 0 Å². The smallest absolute Gasteiger partial charge is 0.160 e. The molecule has 0 unspecified atom stereocenters. The lowest BCUT2D eigenvalue weighted by Gasteiger charge is -2.14. The fourth-order valence-electron chi connectivity index (χ4n) is 6.75. The molecule has 3 aromatic heterocycles. The summed E-state index contributed by atoms with van der Waals surface area (Å²) in [6.07, 6.45) is 7.40. The second-order valence-corrected chi connectivity index (χ2v) is 12.8. The Kier molecular flexibility index (Phi) is 8.16. The average molecular weight is 665 g/mol. The van der Waals surface area contributed by atoms with Gasteiger partial charge >= 0.3 is 0 Å². The number of pyridine rings is 2. The normalized spacial score (nSPS) is 11.1. The molecule has 52 heavy (non-hydrogen) atoms. The highest BCUT2D eigenvalue weighted by atomic mass is 14.9. The van der Waals surface area contributed by atoms with Crippen molar-refractivity contribution in [3.05, 3.63) is 195 Å². The van der Waals surface area contributed by atoms with Crippen LogP contribution < -0.4 is 0 Å². The van der Waals surface area contributed by atoms with Gasteiger partial charge in [0.05, 0.1) is 11.2 Å². The molecule has 0 spiro atoms. The van der Waals surface area contributed by atoms with Crippen molar-refractivity contribution in [2.24, 2.45) is 0 Å². The van der Waals surface area contributed by atoms with Gasteiger partial charge in [-0.2, -0.15) is 0 Å². The maximum absolute atomic E-state index is 5.27. The van der Waals surface area contributed by atoms with E-state index in [4.69, 9.17) is 9.97 Å². The molecule has 0 N–H and O–H groups in total. The topological polar surface area (TPSA) is 51.6 Å². The van der Waals surface area contributed by atoms with Gasteiger partial charge in [-0.25, -0.2) is 9.97 Å². The highest BCUT2D eigenvalue weighted by Crippen LogP contribution is 2.36. The zero-order valence-corrected chi connectivity index (χ0v) is 28.3. The Morgan fingerprint density at radius 3 is 1.31 bits per heavy atom. The first-order valence-corrected chi connectivity index (χ1v) is 17.3. The standard InChI is InChI=1S/C48H32N4/c1-3-9-33(10-4-1)39-23-24-45-46(30-39)51-48(52-47(45)38-11-5-2-6-12-38)44-28-42(27-43(29-44)41-14-8-26-50-32-41)37-21-17-35(18-22-37)34-15-19-36(20-16-34)40-13-7-25-49-31-40/h1-32H. The molecule has 0 atom stereocenters. The van der Waals surface area contributed by atoms with Crippen LogP contribution in [0.4, 0.5) is 0 Å². The van der Waals surface area contributed by atoms with Crippen LogP contribution in [0.3, 0.4) is 0 Å². The van der Waals surface area contributed by atoms with E-state index in [2.05, 4.69) is 156 Å². The molecule has 0 saturated carbocycles. The summed E-state index contributed by atoms with van der Waals surface area (Å²) in [5, 5.41) is 1.02. The summed E-state index contributed by atoms with van der Waals surface area (Å²) < 4.78 is 0. The van der Waals surface area contributed by atoms with Crippen molar-refractivity contribution < 1.29 is 0 Å². The zero-order valence-electron chi connectivity index (χ0n) is 28.3. The molecule has 0 radical (unpaired) electrons. The highest BCUT2D eigenvalue weighted by molar-refractivity contribution is 5.96. The van der Waals surface area contributed by atoms with Gasteiger partial charge < -0.3 is 0 Å². The first kappa shape index (κ1) is 31.0. The average Bonchev–Trinajstić information content (AvgIpc) is 3.24. The van der Waals surface area contributed by atoms with Crippen LogP contribution in [0.25, 0.3) is 89.2 Å². The molecule has 0 fully saturated rings. The van der Waals surface area contributed by atoms with Gasteiger partial charge in [0.2, 0.25) is 0 Å². The fraction of sp³-hybridized carbons (Fsp3) is 0. The number of benzene rings is 6. The van der Waals surface area contributed by atoms with Crippen LogP contribution in [0.5, 0.6) is 0 Å². The van der Waals surface area contributed by atoms with Crippen molar-refractivity contribution in [1.82, 2.24) is 19.9 Å². The van der Waals surface area contributed by atoms with Gasteiger partial charge in [0.1, 0.15) is 0 Å². The van der Waals surface area contributed by atoms with Crippen LogP contribution in [0.15, 0.2) is 195 Å². The molecule has 0 saturated heterocycles. The maximum Gasteiger partial charge on any atom is 0.160 e. The summed E-state index contributed by atoms with van der Waals surface area (Å²) >= 11 is 0. The molecule has 6 aromatic carbocycles. The van der Waals surface area contributed by atoms with Crippen molar-refractivity contribution in [1.29, 1.82) is 0 Å². The lowest BCUT2D eigenvalue weighted by molar-refractivity contribution is 1.23. The lowest BCUT2D eigenvalue weighted by atomic mass is 9.94. The van der Waals surface area contributed by atoms with E-state index >= 15 is 0 Å². The van der Waals surface area contributed by atoms with Crippen LogP contribution >= 0.6 is 0 Å². The molecule has 0 amide bonds. The molecular weight excluding hydrogens is 633 g/mol. The molecule has 244 valence electrons. The minimum absolute atomic E-state index is 0.675. The Morgan fingerprint density at radius 1 is 0.288 bits per heavy atom. The van der Waals surface area contributed by atoms with Crippen molar-refractivity contribution in [2.45, 2.75) is 0 Å². The van der Waals surface area contributed by atoms with Crippen molar-refractivity contribution in [2.75, 3.05) is 0 Å². The summed E-state index contributed by atoms with van der Waals surface area (Å²) in [6.45, 7) is 0. The number of nitrogens with zero attached hydrogens (tertiary/aromatic N) is 4. The van der Waals surface area contributed by atoms with E-state index in [1.807, 2.05) is 36.7 Å². The number of hydrogen-bond donors (Lipinski definition) is 0. The minimum Gasteiger partial charge on any atom is -0.264 e. The lowest BCUT2D eigenvalue weighted by Crippen LogP contribution is -1.97. The predicted molar refractivity (Wildman–Crippen MR) is 213 cm³/mol. The van der Waals surface area contributed by atoms with Crippen molar-refractivity contribution in [3.8, 4) is 78.3 Å². The van der Waals surface area contributed by atoms with Gasteiger partial charge in [-0.05, 0) is 92.5 Å². The summed E-state index contributed by atoms with van der Waals surface area (Å²) in [4.78, 5) is 19.2. The molecule has 9 rings (SSSR count). The zero-order chi connectivity index (χ0) is 34.7. The summed E-state index contributed by atoms with van der Waals surface area (Å²) in [7, 11) is 0. The number of rotatable bonds is 7. The second-order valence-electron chi connectivity index (χ2n) is 12.8. The molecule has 9 aromatic rings. The molecule has 0 aliphatic heterocycles. The second kappa shape index (κ2) is 13.7. The van der Waals surface area contributed by atoms with E-state index in [-0.39, 0.29) is 0 Å². The van der Waals surface area contributed by atoms with Crippen molar-refractivity contribution >= 4 is 10.9 Å². The quantitative estimate of drug-likeness (QED) is 0.170. The van der Waals surface area contributed by atoms with E-state index in [9.17, 15) is 0 Å². The van der Waals surface area contributed by atoms with Gasteiger partial charge in [0, 0.05) is 46.9 Å². The van der Waals surface area contributed by atoms with Crippen LogP contribution in [-0.2, 0) is 0 Å². The molecule has 3 heterocycles. The number of hydrogen-bond acceptors (Lipinski definition) is 4. The Labute approximate surface area is 302 Å². The van der Waals surface area contributed by atoms with E-state index in [0.29, 0.717) is 5.82 Å². The molecule has 0 aliphatic rings. The molecule has 0 aliphatic carbocycles. The van der Waals surface area contributed by atoms with E-state index in [0.717, 1.165) is 83.4 Å². The number of fused-ring (bicyclic) bond motifs is 1. The van der Waals surface area contributed by atoms with Crippen LogP contribution in [0.2, 0.25) is 0 Å². The monoisotopic (exact) mass is 664 g/mol. The van der Waals surface area contributed by atoms with Crippen LogP contribution in [-0.4, -0.2) is 19.9 Å². The van der Waals surface area contributed by atoms with Crippen LogP contribution in [0, 0.1) is 0 Å². The third-order valence-electron chi connectivity index (χ3n) is 9.47. The third kappa shape index (κ3) is 6.26. The maximum atomic E-state index is 5.27. The molecule has 0 bridgehead atoms. The van der Waals surface area contributed by atoms with Gasteiger partial charge in [-0.15, -0.1) is 0 Å². The third-order valence-corrected chi connectivity index (χ3v) is 9.47. The Bertz CT molecular complexity index is 2620. The van der Waals surface area contributed by atoms with E-state index in [1.54, 1.807) is 12.4 Å². The summed E-state index contributed by atoms with van der Waals surface area (Å²) in [5.74, 6) is 0.675. The SMILES string of the molecule is c1ccc(-c2ccc3c(-c4ccccc4)nc(-c4cc(-c5ccc(-c6ccc(-c7cccnc7)cc6)cc5)cc(-c5cccnc5)c4)nc3c2)cc1. The molecular formula is C48H32N4. The first-order valence-electron chi connectivity index (χ1n) is 17.3.